The van der Waals surface area contributed by atoms with Crippen LogP contribution >= 0.6 is 11.6 Å². The lowest BCUT2D eigenvalue weighted by atomic mass is 9.96. The van der Waals surface area contributed by atoms with Gasteiger partial charge in [-0.1, -0.05) is 41.9 Å². The average molecular weight is 463 g/mol. The van der Waals surface area contributed by atoms with Crippen LogP contribution < -0.4 is 10.6 Å². The van der Waals surface area contributed by atoms with Crippen LogP contribution in [0.5, 0.6) is 0 Å². The second-order valence-electron chi connectivity index (χ2n) is 8.28. The number of halogens is 1. The smallest absolute Gasteiger partial charge is 0.253 e. The Balaban J connectivity index is 1.36. The van der Waals surface area contributed by atoms with Crippen LogP contribution in [0, 0.1) is 5.92 Å². The Hall–Kier alpha value is -3.22. The number of nitrogens with one attached hydrogen (secondary N) is 2. The molecular formula is C26H27ClN4O2. The number of hydrogen-bond donors (Lipinski definition) is 2. The maximum absolute atomic E-state index is 13.1. The summed E-state index contributed by atoms with van der Waals surface area (Å²) in [5, 5.41) is 6.61. The van der Waals surface area contributed by atoms with Gasteiger partial charge in [-0.05, 0) is 60.8 Å². The predicted molar refractivity (Wildman–Crippen MR) is 130 cm³/mol. The fourth-order valence-corrected chi connectivity index (χ4v) is 4.19. The molecule has 1 unspecified atom stereocenters. The maximum Gasteiger partial charge on any atom is 0.253 e. The number of benzene rings is 2. The summed E-state index contributed by atoms with van der Waals surface area (Å²) < 4.78 is 0. The number of nitrogens with zero attached hydrogens (tertiary/aromatic N) is 2. The van der Waals surface area contributed by atoms with E-state index in [0.717, 1.165) is 36.5 Å². The highest BCUT2D eigenvalue weighted by Gasteiger charge is 2.26. The molecule has 0 radical (unpaired) electrons. The third-order valence-corrected chi connectivity index (χ3v) is 6.05. The molecule has 0 bridgehead atoms. The predicted octanol–water partition coefficient (Wildman–Crippen LogP) is 4.52. The molecule has 1 aliphatic heterocycles. The largest absolute Gasteiger partial charge is 0.348 e. The van der Waals surface area contributed by atoms with Crippen molar-refractivity contribution < 1.29 is 9.59 Å². The number of hydrogen-bond acceptors (Lipinski definition) is 4. The molecule has 1 saturated heterocycles. The molecule has 2 amide bonds. The van der Waals surface area contributed by atoms with Gasteiger partial charge in [0.15, 0.2) is 0 Å². The van der Waals surface area contributed by atoms with E-state index in [9.17, 15) is 9.59 Å². The van der Waals surface area contributed by atoms with Crippen LogP contribution in [-0.2, 0) is 17.9 Å². The molecule has 2 aromatic carbocycles. The third-order valence-electron chi connectivity index (χ3n) is 5.80. The summed E-state index contributed by atoms with van der Waals surface area (Å²) in [6.45, 7) is 2.80. The molecule has 0 spiro atoms. The number of rotatable bonds is 7. The highest BCUT2D eigenvalue weighted by atomic mass is 35.5. The molecule has 33 heavy (non-hydrogen) atoms. The van der Waals surface area contributed by atoms with Gasteiger partial charge < -0.3 is 10.6 Å². The van der Waals surface area contributed by atoms with Crippen LogP contribution in [0.3, 0.4) is 0 Å². The number of carbonyl (C=O) groups excluding carboxylic acids is 2. The van der Waals surface area contributed by atoms with E-state index in [0.29, 0.717) is 24.3 Å². The lowest BCUT2D eigenvalue weighted by molar-refractivity contribution is -0.121. The van der Waals surface area contributed by atoms with E-state index in [2.05, 4.69) is 20.5 Å². The van der Waals surface area contributed by atoms with Gasteiger partial charge in [0.1, 0.15) is 0 Å². The van der Waals surface area contributed by atoms with E-state index in [4.69, 9.17) is 11.6 Å². The van der Waals surface area contributed by atoms with Crippen LogP contribution in [0.1, 0.15) is 34.3 Å². The second kappa shape index (κ2) is 11.1. The van der Waals surface area contributed by atoms with Crippen LogP contribution in [0.4, 0.5) is 5.69 Å². The summed E-state index contributed by atoms with van der Waals surface area (Å²) >= 11 is 5.98. The quantitative estimate of drug-likeness (QED) is 0.541. The van der Waals surface area contributed by atoms with Crippen LogP contribution in [0.25, 0.3) is 0 Å². The highest BCUT2D eigenvalue weighted by Crippen LogP contribution is 2.22. The first-order chi connectivity index (χ1) is 16.1. The van der Waals surface area contributed by atoms with Crippen molar-refractivity contribution >= 4 is 29.1 Å². The van der Waals surface area contributed by atoms with Gasteiger partial charge in [-0.15, -0.1) is 0 Å². The highest BCUT2D eigenvalue weighted by molar-refractivity contribution is 6.30. The average Bonchev–Trinajstić information content (AvgIpc) is 2.85. The first-order valence-corrected chi connectivity index (χ1v) is 11.5. The van der Waals surface area contributed by atoms with Gasteiger partial charge in [-0.25, -0.2) is 0 Å². The van der Waals surface area contributed by atoms with E-state index >= 15 is 0 Å². The number of piperidine rings is 1. The normalized spacial score (nSPS) is 16.2. The summed E-state index contributed by atoms with van der Waals surface area (Å²) in [6.07, 6.45) is 5.20. The molecule has 3 aromatic rings. The molecule has 1 fully saturated rings. The fourth-order valence-electron chi connectivity index (χ4n) is 4.07. The Kier molecular flexibility index (Phi) is 7.70. The molecule has 0 saturated carbocycles. The molecule has 2 N–H and O–H groups in total. The molecule has 6 nitrogen and oxygen atoms in total. The topological polar surface area (TPSA) is 74.3 Å². The lowest BCUT2D eigenvalue weighted by Crippen LogP contribution is -2.40. The van der Waals surface area contributed by atoms with Crippen molar-refractivity contribution in [1.82, 2.24) is 15.2 Å². The number of pyridine rings is 1. The minimum Gasteiger partial charge on any atom is -0.348 e. The standard InChI is InChI=1S/C26H27ClN4O2/c27-22-11-9-19(10-12-22)17-31-14-4-6-21(18-31)25(32)30-24-8-2-1-7-23(24)26(33)29-16-20-5-3-13-28-15-20/h1-3,5,7-13,15,21H,4,6,14,16-18H2,(H,29,33)(H,30,32). The van der Waals surface area contributed by atoms with Crippen molar-refractivity contribution in [2.45, 2.75) is 25.9 Å². The Morgan fingerprint density at radius 1 is 1.03 bits per heavy atom. The van der Waals surface area contributed by atoms with E-state index in [1.54, 1.807) is 30.6 Å². The minimum atomic E-state index is -0.234. The molecule has 170 valence electrons. The van der Waals surface area contributed by atoms with Gasteiger partial charge in [0.25, 0.3) is 5.91 Å². The van der Waals surface area contributed by atoms with E-state index in [1.807, 2.05) is 42.5 Å². The molecule has 1 aliphatic rings. The first kappa shape index (κ1) is 23.0. The number of aromatic nitrogens is 1. The van der Waals surface area contributed by atoms with Crippen LogP contribution in [-0.4, -0.2) is 34.8 Å². The van der Waals surface area contributed by atoms with Crippen molar-refractivity contribution in [1.29, 1.82) is 0 Å². The summed E-state index contributed by atoms with van der Waals surface area (Å²) in [6, 6.07) is 18.7. The van der Waals surface area contributed by atoms with Crippen molar-refractivity contribution in [2.75, 3.05) is 18.4 Å². The fraction of sp³-hybridized carbons (Fsp3) is 0.269. The molecular weight excluding hydrogens is 436 g/mol. The van der Waals surface area contributed by atoms with Gasteiger partial charge in [-0.2, -0.15) is 0 Å². The third kappa shape index (κ3) is 6.40. The monoisotopic (exact) mass is 462 g/mol. The molecule has 1 atom stereocenters. The van der Waals surface area contributed by atoms with Gasteiger partial charge >= 0.3 is 0 Å². The van der Waals surface area contributed by atoms with E-state index < -0.39 is 0 Å². The Labute approximate surface area is 199 Å². The molecule has 7 heteroatoms. The van der Waals surface area contributed by atoms with E-state index in [-0.39, 0.29) is 17.7 Å². The van der Waals surface area contributed by atoms with Crippen molar-refractivity contribution in [3.05, 3.63) is 94.8 Å². The van der Waals surface area contributed by atoms with Crippen LogP contribution in [0.15, 0.2) is 73.1 Å². The Morgan fingerprint density at radius 3 is 2.64 bits per heavy atom. The van der Waals surface area contributed by atoms with Gasteiger partial charge in [0.2, 0.25) is 5.91 Å². The molecule has 1 aromatic heterocycles. The van der Waals surface area contributed by atoms with Crippen molar-refractivity contribution in [3.63, 3.8) is 0 Å². The zero-order valence-electron chi connectivity index (χ0n) is 18.3. The van der Waals surface area contributed by atoms with Crippen molar-refractivity contribution in [3.8, 4) is 0 Å². The number of carbonyl (C=O) groups is 2. The number of likely N-dealkylation sites (tertiary alicyclic amines) is 1. The first-order valence-electron chi connectivity index (χ1n) is 11.1. The zero-order chi connectivity index (χ0) is 23.0. The Morgan fingerprint density at radius 2 is 1.85 bits per heavy atom. The van der Waals surface area contributed by atoms with Crippen LogP contribution in [0.2, 0.25) is 5.02 Å². The van der Waals surface area contributed by atoms with E-state index in [1.165, 1.54) is 5.56 Å². The number of para-hydroxylation sites is 1. The SMILES string of the molecule is O=C(NCc1cccnc1)c1ccccc1NC(=O)C1CCCN(Cc2ccc(Cl)cc2)C1. The van der Waals surface area contributed by atoms with Gasteiger partial charge in [0, 0.05) is 37.1 Å². The summed E-state index contributed by atoms with van der Waals surface area (Å²) in [4.78, 5) is 32.2. The molecule has 0 aliphatic carbocycles. The summed E-state index contributed by atoms with van der Waals surface area (Å²) in [5.41, 5.74) is 3.07. The van der Waals surface area contributed by atoms with Gasteiger partial charge in [-0.3, -0.25) is 19.5 Å². The molecule has 4 rings (SSSR count). The summed E-state index contributed by atoms with van der Waals surface area (Å²) in [7, 11) is 0. The molecule has 2 heterocycles. The Bertz CT molecular complexity index is 1090. The lowest BCUT2D eigenvalue weighted by Gasteiger charge is -2.32. The minimum absolute atomic E-state index is 0.0525. The number of amides is 2. The van der Waals surface area contributed by atoms with Gasteiger partial charge in [0.05, 0.1) is 17.2 Å². The van der Waals surface area contributed by atoms with Crippen molar-refractivity contribution in [2.24, 2.45) is 5.92 Å². The second-order valence-corrected chi connectivity index (χ2v) is 8.72. The zero-order valence-corrected chi connectivity index (χ0v) is 19.1. The number of anilines is 1. The maximum atomic E-state index is 13.1. The summed E-state index contributed by atoms with van der Waals surface area (Å²) in [5.74, 6) is -0.413.